The summed E-state index contributed by atoms with van der Waals surface area (Å²) in [6.07, 6.45) is 4.83. The molecule has 8 nitrogen and oxygen atoms in total. The van der Waals surface area contributed by atoms with Crippen molar-refractivity contribution in [3.05, 3.63) is 60.4 Å². The van der Waals surface area contributed by atoms with Crippen LogP contribution >= 0.6 is 0 Å². The molecule has 0 aliphatic rings. The number of benzene rings is 1. The maximum Gasteiger partial charge on any atom is 0.278 e. The third kappa shape index (κ3) is 2.82. The summed E-state index contributed by atoms with van der Waals surface area (Å²) >= 11 is 0. The molecule has 0 bridgehead atoms. The Kier molecular flexibility index (Phi) is 4.19. The lowest BCUT2D eigenvalue weighted by molar-refractivity contribution is 0.102. The Balaban J connectivity index is 1.84. The van der Waals surface area contributed by atoms with Gasteiger partial charge in [-0.3, -0.25) is 13.9 Å². The molecule has 0 saturated heterocycles. The van der Waals surface area contributed by atoms with E-state index >= 15 is 0 Å². The van der Waals surface area contributed by atoms with Gasteiger partial charge in [-0.2, -0.15) is 5.10 Å². The molecule has 3 heterocycles. The van der Waals surface area contributed by atoms with Crippen molar-refractivity contribution in [1.29, 1.82) is 0 Å². The third-order valence-corrected chi connectivity index (χ3v) is 4.33. The Hall–Kier alpha value is -3.88. The minimum absolute atomic E-state index is 0.0339. The number of aryl methyl sites for hydroxylation is 1. The van der Waals surface area contributed by atoms with Crippen molar-refractivity contribution in [1.82, 2.24) is 19.2 Å². The van der Waals surface area contributed by atoms with E-state index in [2.05, 4.69) is 15.4 Å². The van der Waals surface area contributed by atoms with E-state index in [1.807, 2.05) is 0 Å². The highest BCUT2D eigenvalue weighted by atomic mass is 19.1. The molecule has 3 N–H and O–H groups in total. The van der Waals surface area contributed by atoms with Gasteiger partial charge in [0.05, 0.1) is 24.6 Å². The summed E-state index contributed by atoms with van der Waals surface area (Å²) in [5.41, 5.74) is 7.76. The molecule has 4 aromatic rings. The molecule has 4 rings (SSSR count). The molecule has 0 spiro atoms. The van der Waals surface area contributed by atoms with Crippen LogP contribution in [-0.4, -0.2) is 32.2 Å². The fraction of sp³-hybridized carbons (Fsp3) is 0.105. The number of carbonyl (C=O) groups is 1. The number of pyridine rings is 1. The Morgan fingerprint density at radius 2 is 2.11 bits per heavy atom. The van der Waals surface area contributed by atoms with E-state index in [9.17, 15) is 9.18 Å². The number of halogens is 1. The molecule has 0 aliphatic carbocycles. The number of nitrogens with one attached hydrogen (secondary N) is 1. The standard InChI is InChI=1S/C19H17FN6O2/c1-25-10-11(9-22-25)23-19(27)16-17(21)26-8-4-5-12(18(26)24-16)15-13(20)6-3-7-14(15)28-2/h3-10H,21H2,1-2H3,(H,23,27). The lowest BCUT2D eigenvalue weighted by Gasteiger charge is -2.10. The van der Waals surface area contributed by atoms with Crippen LogP contribution in [0.3, 0.4) is 0 Å². The van der Waals surface area contributed by atoms with Gasteiger partial charge in [0, 0.05) is 25.0 Å². The molecule has 9 heteroatoms. The SMILES string of the molecule is COc1cccc(F)c1-c1cccn2c(N)c(C(=O)Nc3cnn(C)c3)nc12. The number of rotatable bonds is 4. The number of nitrogen functional groups attached to an aromatic ring is 1. The number of methoxy groups -OCH3 is 1. The minimum atomic E-state index is -0.486. The van der Waals surface area contributed by atoms with E-state index in [0.717, 1.165) is 0 Å². The molecule has 0 unspecified atom stereocenters. The van der Waals surface area contributed by atoms with Crippen LogP contribution in [0, 0.1) is 5.82 Å². The lowest BCUT2D eigenvalue weighted by atomic mass is 10.1. The van der Waals surface area contributed by atoms with Crippen molar-refractivity contribution >= 4 is 23.1 Å². The quantitative estimate of drug-likeness (QED) is 0.567. The third-order valence-electron chi connectivity index (χ3n) is 4.33. The van der Waals surface area contributed by atoms with Crippen LogP contribution in [0.25, 0.3) is 16.8 Å². The number of ether oxygens (including phenoxy) is 1. The summed E-state index contributed by atoms with van der Waals surface area (Å²) in [4.78, 5) is 17.0. The highest BCUT2D eigenvalue weighted by Gasteiger charge is 2.22. The molecular formula is C19H17FN6O2. The van der Waals surface area contributed by atoms with E-state index in [4.69, 9.17) is 10.5 Å². The number of aromatic nitrogens is 4. The van der Waals surface area contributed by atoms with Crippen molar-refractivity contribution in [2.45, 2.75) is 0 Å². The molecule has 0 aliphatic heterocycles. The van der Waals surface area contributed by atoms with Crippen LogP contribution in [0.15, 0.2) is 48.9 Å². The topological polar surface area (TPSA) is 99.5 Å². The zero-order valence-corrected chi connectivity index (χ0v) is 15.2. The second-order valence-corrected chi connectivity index (χ2v) is 6.14. The number of hydrogen-bond donors (Lipinski definition) is 2. The summed E-state index contributed by atoms with van der Waals surface area (Å²) in [5, 5.41) is 6.70. The maximum absolute atomic E-state index is 14.6. The van der Waals surface area contributed by atoms with Crippen molar-refractivity contribution in [3.8, 4) is 16.9 Å². The molecule has 0 radical (unpaired) electrons. The molecular weight excluding hydrogens is 363 g/mol. The summed E-state index contributed by atoms with van der Waals surface area (Å²) in [5.74, 6) is -0.444. The number of hydrogen-bond acceptors (Lipinski definition) is 5. The molecule has 0 saturated carbocycles. The first kappa shape index (κ1) is 17.5. The first-order valence-electron chi connectivity index (χ1n) is 8.39. The first-order valence-corrected chi connectivity index (χ1v) is 8.39. The van der Waals surface area contributed by atoms with E-state index < -0.39 is 11.7 Å². The molecule has 28 heavy (non-hydrogen) atoms. The van der Waals surface area contributed by atoms with Gasteiger partial charge in [0.1, 0.15) is 23.0 Å². The van der Waals surface area contributed by atoms with Gasteiger partial charge in [-0.15, -0.1) is 0 Å². The number of nitrogens with two attached hydrogens (primary N) is 1. The smallest absolute Gasteiger partial charge is 0.278 e. The number of amides is 1. The molecule has 0 atom stereocenters. The van der Waals surface area contributed by atoms with Crippen molar-refractivity contribution in [2.24, 2.45) is 7.05 Å². The van der Waals surface area contributed by atoms with Crippen LogP contribution in [0.4, 0.5) is 15.9 Å². The zero-order valence-electron chi connectivity index (χ0n) is 15.2. The van der Waals surface area contributed by atoms with Crippen LogP contribution in [0.2, 0.25) is 0 Å². The van der Waals surface area contributed by atoms with Crippen LogP contribution in [0.5, 0.6) is 5.75 Å². The Labute approximate surface area is 159 Å². The second-order valence-electron chi connectivity index (χ2n) is 6.14. The van der Waals surface area contributed by atoms with Gasteiger partial charge >= 0.3 is 0 Å². The van der Waals surface area contributed by atoms with Gasteiger partial charge in [0.15, 0.2) is 5.69 Å². The maximum atomic E-state index is 14.6. The Morgan fingerprint density at radius 3 is 2.82 bits per heavy atom. The zero-order chi connectivity index (χ0) is 19.8. The van der Waals surface area contributed by atoms with Gasteiger partial charge in [0.2, 0.25) is 0 Å². The summed E-state index contributed by atoms with van der Waals surface area (Å²) in [6.45, 7) is 0. The normalized spacial score (nSPS) is 11.0. The summed E-state index contributed by atoms with van der Waals surface area (Å²) < 4.78 is 23.0. The fourth-order valence-electron chi connectivity index (χ4n) is 3.06. The van der Waals surface area contributed by atoms with Crippen LogP contribution in [-0.2, 0) is 7.05 Å². The molecule has 3 aromatic heterocycles. The van der Waals surface area contributed by atoms with E-state index in [0.29, 0.717) is 22.6 Å². The van der Waals surface area contributed by atoms with Gasteiger partial charge in [0.25, 0.3) is 5.91 Å². The van der Waals surface area contributed by atoms with Crippen molar-refractivity contribution < 1.29 is 13.9 Å². The predicted molar refractivity (Wildman–Crippen MR) is 103 cm³/mol. The van der Waals surface area contributed by atoms with Crippen LogP contribution in [0.1, 0.15) is 10.5 Å². The van der Waals surface area contributed by atoms with Crippen LogP contribution < -0.4 is 15.8 Å². The number of anilines is 2. The molecule has 0 fully saturated rings. The predicted octanol–water partition coefficient (Wildman–Crippen LogP) is 2.72. The molecule has 142 valence electrons. The van der Waals surface area contributed by atoms with E-state index in [-0.39, 0.29) is 17.1 Å². The number of carbonyl (C=O) groups excluding carboxylic acids is 1. The van der Waals surface area contributed by atoms with E-state index in [1.165, 1.54) is 19.4 Å². The minimum Gasteiger partial charge on any atom is -0.496 e. The van der Waals surface area contributed by atoms with Crippen molar-refractivity contribution in [3.63, 3.8) is 0 Å². The Morgan fingerprint density at radius 1 is 1.29 bits per heavy atom. The molecule has 1 aromatic carbocycles. The van der Waals surface area contributed by atoms with Crippen molar-refractivity contribution in [2.75, 3.05) is 18.2 Å². The fourth-order valence-corrected chi connectivity index (χ4v) is 3.06. The Bertz CT molecular complexity index is 1200. The number of fused-ring (bicyclic) bond motifs is 1. The highest BCUT2D eigenvalue weighted by Crippen LogP contribution is 2.35. The summed E-state index contributed by atoms with van der Waals surface area (Å²) in [6, 6.07) is 7.96. The first-order chi connectivity index (χ1) is 13.5. The van der Waals surface area contributed by atoms with Gasteiger partial charge in [-0.25, -0.2) is 9.37 Å². The number of imidazole rings is 1. The van der Waals surface area contributed by atoms with Gasteiger partial charge in [-0.05, 0) is 24.3 Å². The average molecular weight is 380 g/mol. The summed E-state index contributed by atoms with van der Waals surface area (Å²) in [7, 11) is 3.20. The lowest BCUT2D eigenvalue weighted by Crippen LogP contribution is -2.14. The van der Waals surface area contributed by atoms with Gasteiger partial charge in [-0.1, -0.05) is 6.07 Å². The van der Waals surface area contributed by atoms with Gasteiger partial charge < -0.3 is 15.8 Å². The van der Waals surface area contributed by atoms with E-state index in [1.54, 1.807) is 52.8 Å². The largest absolute Gasteiger partial charge is 0.496 e. The number of nitrogens with zero attached hydrogens (tertiary/aromatic N) is 4. The highest BCUT2D eigenvalue weighted by molar-refractivity contribution is 6.07. The average Bonchev–Trinajstić information content (AvgIpc) is 3.24. The second kappa shape index (κ2) is 6.69. The monoisotopic (exact) mass is 380 g/mol. The molecule has 1 amide bonds.